The highest BCUT2D eigenvalue weighted by Crippen LogP contribution is 2.30. The van der Waals surface area contributed by atoms with Crippen LogP contribution in [0.2, 0.25) is 0 Å². The number of fused-ring (bicyclic) bond motifs is 2. The van der Waals surface area contributed by atoms with E-state index >= 15 is 0 Å². The molecular formula is C17H13F2N5OS. The molecule has 0 saturated heterocycles. The molecule has 0 aliphatic heterocycles. The average Bonchev–Trinajstić information content (AvgIpc) is 3.09. The second-order valence-corrected chi connectivity index (χ2v) is 6.40. The van der Waals surface area contributed by atoms with E-state index in [-0.39, 0.29) is 0 Å². The minimum absolute atomic E-state index is 0.349. The SMILES string of the molecule is FCC(CF)Oc1ccc2ncnc(Nc3nc4cccnc4s3)c2c1. The van der Waals surface area contributed by atoms with Crippen LogP contribution in [0.4, 0.5) is 19.7 Å². The summed E-state index contributed by atoms with van der Waals surface area (Å²) < 4.78 is 30.7. The van der Waals surface area contributed by atoms with Gasteiger partial charge in [0, 0.05) is 11.6 Å². The van der Waals surface area contributed by atoms with Gasteiger partial charge in [-0.1, -0.05) is 11.3 Å². The Balaban J connectivity index is 1.69. The Morgan fingerprint density at radius 3 is 2.77 bits per heavy atom. The molecule has 4 rings (SSSR count). The number of halogens is 2. The summed E-state index contributed by atoms with van der Waals surface area (Å²) in [6.45, 7) is -1.80. The zero-order valence-corrected chi connectivity index (χ0v) is 14.2. The molecule has 0 unspecified atom stereocenters. The number of nitrogens with one attached hydrogen (secondary N) is 1. The molecule has 0 fully saturated rings. The number of hydrogen-bond donors (Lipinski definition) is 1. The van der Waals surface area contributed by atoms with Crippen molar-refractivity contribution in [2.45, 2.75) is 6.10 Å². The molecule has 0 aliphatic rings. The van der Waals surface area contributed by atoms with E-state index in [9.17, 15) is 8.78 Å². The lowest BCUT2D eigenvalue weighted by atomic mass is 10.2. The third-order valence-electron chi connectivity index (χ3n) is 3.65. The number of alkyl halides is 2. The smallest absolute Gasteiger partial charge is 0.190 e. The zero-order chi connectivity index (χ0) is 17.9. The average molecular weight is 373 g/mol. The first-order chi connectivity index (χ1) is 12.8. The van der Waals surface area contributed by atoms with Crippen molar-refractivity contribution in [3.63, 3.8) is 0 Å². The van der Waals surface area contributed by atoms with Crippen LogP contribution in [0, 0.1) is 0 Å². The van der Waals surface area contributed by atoms with Gasteiger partial charge in [-0.15, -0.1) is 0 Å². The highest BCUT2D eigenvalue weighted by Gasteiger charge is 2.13. The number of nitrogens with zero attached hydrogens (tertiary/aromatic N) is 4. The van der Waals surface area contributed by atoms with Gasteiger partial charge < -0.3 is 10.1 Å². The molecule has 3 heterocycles. The van der Waals surface area contributed by atoms with Gasteiger partial charge >= 0.3 is 0 Å². The Morgan fingerprint density at radius 1 is 1.08 bits per heavy atom. The fourth-order valence-corrected chi connectivity index (χ4v) is 3.24. The number of ether oxygens (including phenoxy) is 1. The molecule has 0 aliphatic carbocycles. The fourth-order valence-electron chi connectivity index (χ4n) is 2.43. The molecule has 9 heteroatoms. The number of benzene rings is 1. The lowest BCUT2D eigenvalue weighted by molar-refractivity contribution is 0.134. The molecule has 0 bridgehead atoms. The lowest BCUT2D eigenvalue weighted by Gasteiger charge is -2.13. The van der Waals surface area contributed by atoms with Crippen LogP contribution in [0.3, 0.4) is 0 Å². The van der Waals surface area contributed by atoms with Crippen molar-refractivity contribution >= 4 is 43.5 Å². The summed E-state index contributed by atoms with van der Waals surface area (Å²) in [7, 11) is 0. The monoisotopic (exact) mass is 373 g/mol. The summed E-state index contributed by atoms with van der Waals surface area (Å²) >= 11 is 1.40. The van der Waals surface area contributed by atoms with Crippen molar-refractivity contribution in [2.75, 3.05) is 18.7 Å². The van der Waals surface area contributed by atoms with Crippen LogP contribution in [0.5, 0.6) is 5.75 Å². The van der Waals surface area contributed by atoms with Gasteiger partial charge in [0.05, 0.1) is 5.52 Å². The maximum absolute atomic E-state index is 12.7. The van der Waals surface area contributed by atoms with Gasteiger partial charge in [-0.2, -0.15) is 0 Å². The van der Waals surface area contributed by atoms with E-state index in [1.165, 1.54) is 17.7 Å². The van der Waals surface area contributed by atoms with Crippen LogP contribution in [-0.2, 0) is 0 Å². The largest absolute Gasteiger partial charge is 0.485 e. The number of pyridine rings is 1. The summed E-state index contributed by atoms with van der Waals surface area (Å²) in [5.41, 5.74) is 1.46. The first-order valence-corrected chi connectivity index (χ1v) is 8.60. The maximum atomic E-state index is 12.7. The fraction of sp³-hybridized carbons (Fsp3) is 0.176. The minimum atomic E-state index is -1.12. The molecule has 0 spiro atoms. The van der Waals surface area contributed by atoms with Crippen molar-refractivity contribution in [1.82, 2.24) is 19.9 Å². The molecule has 0 amide bonds. The summed E-state index contributed by atoms with van der Waals surface area (Å²) in [6.07, 6.45) is 2.02. The maximum Gasteiger partial charge on any atom is 0.190 e. The van der Waals surface area contributed by atoms with E-state index in [0.717, 1.165) is 10.3 Å². The molecule has 4 aromatic rings. The van der Waals surface area contributed by atoms with Crippen molar-refractivity contribution in [1.29, 1.82) is 0 Å². The van der Waals surface area contributed by atoms with E-state index in [0.29, 0.717) is 27.6 Å². The Morgan fingerprint density at radius 2 is 1.96 bits per heavy atom. The van der Waals surface area contributed by atoms with Gasteiger partial charge in [0.1, 0.15) is 41.6 Å². The molecule has 132 valence electrons. The highest BCUT2D eigenvalue weighted by atomic mass is 32.1. The second kappa shape index (κ2) is 7.12. The Labute approximate surface area is 150 Å². The van der Waals surface area contributed by atoms with Gasteiger partial charge in [-0.3, -0.25) is 0 Å². The molecule has 0 atom stereocenters. The van der Waals surface area contributed by atoms with E-state index in [1.807, 2.05) is 12.1 Å². The number of hydrogen-bond acceptors (Lipinski definition) is 7. The first-order valence-electron chi connectivity index (χ1n) is 7.79. The minimum Gasteiger partial charge on any atom is -0.485 e. The van der Waals surface area contributed by atoms with Gasteiger partial charge in [0.15, 0.2) is 11.2 Å². The molecule has 26 heavy (non-hydrogen) atoms. The van der Waals surface area contributed by atoms with Crippen LogP contribution >= 0.6 is 11.3 Å². The van der Waals surface area contributed by atoms with Crippen LogP contribution in [-0.4, -0.2) is 39.4 Å². The van der Waals surface area contributed by atoms with Gasteiger partial charge in [-0.25, -0.2) is 28.7 Å². The quantitative estimate of drug-likeness (QED) is 0.549. The summed E-state index contributed by atoms with van der Waals surface area (Å²) in [5.74, 6) is 0.873. The van der Waals surface area contributed by atoms with E-state index in [2.05, 4.69) is 25.3 Å². The van der Waals surface area contributed by atoms with E-state index < -0.39 is 19.5 Å². The molecule has 6 nitrogen and oxygen atoms in total. The Hall–Kier alpha value is -2.94. The third-order valence-corrected chi connectivity index (χ3v) is 4.54. The Bertz CT molecular complexity index is 1020. The molecule has 0 saturated carbocycles. The van der Waals surface area contributed by atoms with E-state index in [1.54, 1.807) is 24.4 Å². The van der Waals surface area contributed by atoms with Gasteiger partial charge in [0.2, 0.25) is 0 Å². The zero-order valence-electron chi connectivity index (χ0n) is 13.4. The van der Waals surface area contributed by atoms with Crippen LogP contribution in [0.15, 0.2) is 42.9 Å². The van der Waals surface area contributed by atoms with Crippen molar-refractivity contribution in [2.24, 2.45) is 0 Å². The van der Waals surface area contributed by atoms with Crippen molar-refractivity contribution in [3.05, 3.63) is 42.9 Å². The lowest BCUT2D eigenvalue weighted by Crippen LogP contribution is -2.21. The highest BCUT2D eigenvalue weighted by molar-refractivity contribution is 7.21. The summed E-state index contributed by atoms with van der Waals surface area (Å²) in [4.78, 5) is 18.0. The topological polar surface area (TPSA) is 72.8 Å². The first kappa shape index (κ1) is 16.5. The number of thiazole rings is 1. The molecule has 1 N–H and O–H groups in total. The molecule has 3 aromatic heterocycles. The molecule has 0 radical (unpaired) electrons. The van der Waals surface area contributed by atoms with Crippen LogP contribution in [0.25, 0.3) is 21.3 Å². The summed E-state index contributed by atoms with van der Waals surface area (Å²) in [5, 5.41) is 4.45. The predicted molar refractivity (Wildman–Crippen MR) is 96.6 cm³/mol. The van der Waals surface area contributed by atoms with Crippen molar-refractivity contribution in [3.8, 4) is 5.75 Å². The van der Waals surface area contributed by atoms with Crippen LogP contribution in [0.1, 0.15) is 0 Å². The normalized spacial score (nSPS) is 11.3. The number of rotatable bonds is 6. The molecule has 1 aromatic carbocycles. The van der Waals surface area contributed by atoms with Gasteiger partial charge in [0.25, 0.3) is 0 Å². The number of anilines is 2. The summed E-state index contributed by atoms with van der Waals surface area (Å²) in [6, 6.07) is 8.69. The van der Waals surface area contributed by atoms with Crippen LogP contribution < -0.4 is 10.1 Å². The standard InChI is InChI=1S/C17H13F2N5OS/c18-7-11(8-19)25-10-3-4-13-12(6-10)15(22-9-21-13)24-17-23-14-2-1-5-20-16(14)26-17/h1-6,9,11H,7-8H2,(H,21,22,23,24). The predicted octanol–water partition coefficient (Wildman–Crippen LogP) is 4.06. The van der Waals surface area contributed by atoms with Gasteiger partial charge in [-0.05, 0) is 30.3 Å². The Kier molecular flexibility index (Phi) is 4.53. The van der Waals surface area contributed by atoms with E-state index in [4.69, 9.17) is 4.74 Å². The second-order valence-electron chi connectivity index (χ2n) is 5.42. The van der Waals surface area contributed by atoms with Crippen molar-refractivity contribution < 1.29 is 13.5 Å². The third kappa shape index (κ3) is 3.25. The molecular weight excluding hydrogens is 360 g/mol. The number of aromatic nitrogens is 4.